The molecule has 134 valence electrons. The third-order valence-electron chi connectivity index (χ3n) is 4.33. The molecule has 3 rings (SSSR count). The van der Waals surface area contributed by atoms with Crippen LogP contribution in [0.3, 0.4) is 0 Å². The van der Waals surface area contributed by atoms with E-state index >= 15 is 0 Å². The number of carboxylic acid groups (broad SMARTS) is 1. The topological polar surface area (TPSA) is 49.8 Å². The summed E-state index contributed by atoms with van der Waals surface area (Å²) in [7, 11) is 4.12. The number of hydrogen-bond acceptors (Lipinski definition) is 3. The maximum Gasteiger partial charge on any atom is 0.328 e. The number of ether oxygens (including phenoxy) is 1. The van der Waals surface area contributed by atoms with Crippen LogP contribution in [0, 0.1) is 0 Å². The van der Waals surface area contributed by atoms with Gasteiger partial charge in [-0.3, -0.25) is 0 Å². The first kappa shape index (κ1) is 18.0. The van der Waals surface area contributed by atoms with E-state index in [4.69, 9.17) is 9.84 Å². The molecule has 4 heteroatoms. The van der Waals surface area contributed by atoms with E-state index in [1.165, 1.54) is 5.56 Å². The number of benzene rings is 2. The molecule has 0 spiro atoms. The fourth-order valence-electron chi connectivity index (χ4n) is 3.05. The van der Waals surface area contributed by atoms with Crippen LogP contribution in [0.15, 0.2) is 54.6 Å². The molecule has 2 aromatic carbocycles. The molecule has 0 unspecified atom stereocenters. The second-order valence-electron chi connectivity index (χ2n) is 6.58. The molecule has 0 fully saturated rings. The van der Waals surface area contributed by atoms with Gasteiger partial charge in [0.15, 0.2) is 0 Å². The summed E-state index contributed by atoms with van der Waals surface area (Å²) in [6, 6.07) is 14.1. The van der Waals surface area contributed by atoms with Crippen molar-refractivity contribution >= 4 is 17.6 Å². The van der Waals surface area contributed by atoms with Crippen molar-refractivity contribution in [2.45, 2.75) is 13.0 Å². The lowest BCUT2D eigenvalue weighted by Crippen LogP contribution is -2.12. The van der Waals surface area contributed by atoms with Gasteiger partial charge in [0, 0.05) is 18.2 Å². The van der Waals surface area contributed by atoms with Crippen LogP contribution in [0.25, 0.3) is 11.6 Å². The van der Waals surface area contributed by atoms with E-state index < -0.39 is 5.97 Å². The molecule has 4 nitrogen and oxygen atoms in total. The van der Waals surface area contributed by atoms with Crippen molar-refractivity contribution in [1.29, 1.82) is 0 Å². The summed E-state index contributed by atoms with van der Waals surface area (Å²) in [5.41, 5.74) is 5.31. The number of nitrogens with zero attached hydrogens (tertiary/aromatic N) is 1. The van der Waals surface area contributed by atoms with Crippen LogP contribution in [0.2, 0.25) is 0 Å². The molecular formula is C22H23NO3. The maximum absolute atomic E-state index is 10.8. The lowest BCUT2D eigenvalue weighted by molar-refractivity contribution is -0.131. The van der Waals surface area contributed by atoms with Crippen molar-refractivity contribution in [2.24, 2.45) is 0 Å². The first-order valence-corrected chi connectivity index (χ1v) is 8.66. The van der Waals surface area contributed by atoms with Gasteiger partial charge >= 0.3 is 5.97 Å². The standard InChI is InChI=1S/C22H23NO3/c1-23(2)13-5-8-19-18-7-4-3-6-17(18)15-26-21-11-9-16(14-20(19)21)10-12-22(24)25/h3-4,6-12,14H,5,13,15H2,1-2H3,(H,24,25). The summed E-state index contributed by atoms with van der Waals surface area (Å²) in [5.74, 6) is -0.131. The second kappa shape index (κ2) is 8.02. The van der Waals surface area contributed by atoms with Gasteiger partial charge in [0.25, 0.3) is 0 Å². The third kappa shape index (κ3) is 4.21. The smallest absolute Gasteiger partial charge is 0.328 e. The van der Waals surface area contributed by atoms with Gasteiger partial charge in [0.2, 0.25) is 0 Å². The van der Waals surface area contributed by atoms with E-state index in [1.807, 2.05) is 30.3 Å². The summed E-state index contributed by atoms with van der Waals surface area (Å²) in [4.78, 5) is 13.0. The van der Waals surface area contributed by atoms with Crippen molar-refractivity contribution in [3.63, 3.8) is 0 Å². The van der Waals surface area contributed by atoms with Crippen LogP contribution in [0.5, 0.6) is 5.75 Å². The van der Waals surface area contributed by atoms with E-state index in [-0.39, 0.29) is 0 Å². The van der Waals surface area contributed by atoms with Crippen LogP contribution in [-0.2, 0) is 11.4 Å². The molecular weight excluding hydrogens is 326 g/mol. The number of carbonyl (C=O) groups is 1. The average Bonchev–Trinajstić information content (AvgIpc) is 2.77. The Kier molecular flexibility index (Phi) is 5.54. The van der Waals surface area contributed by atoms with Crippen molar-refractivity contribution in [3.8, 4) is 5.75 Å². The Morgan fingerprint density at radius 3 is 2.77 bits per heavy atom. The maximum atomic E-state index is 10.8. The van der Waals surface area contributed by atoms with Gasteiger partial charge < -0.3 is 14.7 Å². The molecule has 1 N–H and O–H groups in total. The zero-order valence-corrected chi connectivity index (χ0v) is 15.1. The Morgan fingerprint density at radius 2 is 2.00 bits per heavy atom. The van der Waals surface area contributed by atoms with Gasteiger partial charge in [-0.1, -0.05) is 36.4 Å². The molecule has 26 heavy (non-hydrogen) atoms. The monoisotopic (exact) mass is 349 g/mol. The largest absolute Gasteiger partial charge is 0.488 e. The van der Waals surface area contributed by atoms with Crippen LogP contribution in [0.4, 0.5) is 0 Å². The fourth-order valence-corrected chi connectivity index (χ4v) is 3.05. The Morgan fingerprint density at radius 1 is 1.19 bits per heavy atom. The normalized spacial score (nSPS) is 14.8. The minimum absolute atomic E-state index is 0.526. The first-order valence-electron chi connectivity index (χ1n) is 8.66. The molecule has 0 saturated heterocycles. The van der Waals surface area contributed by atoms with E-state index in [0.29, 0.717) is 6.61 Å². The van der Waals surface area contributed by atoms with Crippen LogP contribution < -0.4 is 4.74 Å². The van der Waals surface area contributed by atoms with Gasteiger partial charge in [-0.25, -0.2) is 4.79 Å². The average molecular weight is 349 g/mol. The van der Waals surface area contributed by atoms with Gasteiger partial charge in [0.05, 0.1) is 0 Å². The highest BCUT2D eigenvalue weighted by Crippen LogP contribution is 2.37. The van der Waals surface area contributed by atoms with E-state index in [1.54, 1.807) is 6.08 Å². The van der Waals surface area contributed by atoms with Gasteiger partial charge in [-0.15, -0.1) is 0 Å². The lowest BCUT2D eigenvalue weighted by atomic mass is 9.92. The highest BCUT2D eigenvalue weighted by Gasteiger charge is 2.19. The van der Waals surface area contributed by atoms with Crippen molar-refractivity contribution in [2.75, 3.05) is 20.6 Å². The molecule has 0 radical (unpaired) electrons. The molecule has 0 saturated carbocycles. The Bertz CT molecular complexity index is 865. The summed E-state index contributed by atoms with van der Waals surface area (Å²) in [6.07, 6.45) is 5.93. The zero-order chi connectivity index (χ0) is 18.5. The molecule has 1 aliphatic rings. The van der Waals surface area contributed by atoms with Gasteiger partial charge in [0.1, 0.15) is 12.4 Å². The van der Waals surface area contributed by atoms with Crippen molar-refractivity contribution in [1.82, 2.24) is 4.90 Å². The summed E-state index contributed by atoms with van der Waals surface area (Å²) in [5, 5.41) is 8.88. The molecule has 2 aromatic rings. The molecule has 0 aliphatic carbocycles. The zero-order valence-electron chi connectivity index (χ0n) is 15.1. The number of rotatable bonds is 5. The fraction of sp³-hybridized carbons (Fsp3) is 0.227. The van der Waals surface area contributed by atoms with Crippen LogP contribution in [0.1, 0.15) is 28.7 Å². The third-order valence-corrected chi connectivity index (χ3v) is 4.33. The van der Waals surface area contributed by atoms with Gasteiger partial charge in [-0.2, -0.15) is 0 Å². The van der Waals surface area contributed by atoms with E-state index in [9.17, 15) is 4.79 Å². The predicted molar refractivity (Wildman–Crippen MR) is 104 cm³/mol. The summed E-state index contributed by atoms with van der Waals surface area (Å²) < 4.78 is 6.02. The molecule has 1 heterocycles. The molecule has 0 atom stereocenters. The highest BCUT2D eigenvalue weighted by molar-refractivity contribution is 5.88. The van der Waals surface area contributed by atoms with Crippen molar-refractivity contribution in [3.05, 3.63) is 76.9 Å². The minimum Gasteiger partial charge on any atom is -0.488 e. The quantitative estimate of drug-likeness (QED) is 0.827. The number of fused-ring (bicyclic) bond motifs is 2. The predicted octanol–water partition coefficient (Wildman–Crippen LogP) is 4.06. The first-order chi connectivity index (χ1) is 12.5. The van der Waals surface area contributed by atoms with Crippen LogP contribution >= 0.6 is 0 Å². The molecule has 0 amide bonds. The molecule has 0 aromatic heterocycles. The van der Waals surface area contributed by atoms with Crippen LogP contribution in [-0.4, -0.2) is 36.6 Å². The van der Waals surface area contributed by atoms with Gasteiger partial charge in [-0.05, 0) is 61.0 Å². The number of aliphatic carboxylic acids is 1. The summed E-state index contributed by atoms with van der Waals surface area (Å²) in [6.45, 7) is 1.49. The molecule has 1 aliphatic heterocycles. The summed E-state index contributed by atoms with van der Waals surface area (Å²) >= 11 is 0. The lowest BCUT2D eigenvalue weighted by Gasteiger charge is -2.13. The second-order valence-corrected chi connectivity index (χ2v) is 6.58. The number of hydrogen-bond donors (Lipinski definition) is 1. The van der Waals surface area contributed by atoms with E-state index in [2.05, 4.69) is 37.2 Å². The molecule has 0 bridgehead atoms. The Hall–Kier alpha value is -2.85. The Balaban J connectivity index is 2.08. The minimum atomic E-state index is -0.955. The highest BCUT2D eigenvalue weighted by atomic mass is 16.5. The van der Waals surface area contributed by atoms with Crippen molar-refractivity contribution < 1.29 is 14.6 Å². The number of carboxylic acids is 1. The Labute approximate surface area is 154 Å². The SMILES string of the molecule is CN(C)CCC=C1c2ccccc2COc2ccc(C=CC(=O)O)cc21. The van der Waals surface area contributed by atoms with E-state index in [0.717, 1.165) is 47.1 Å².